The molecule has 118 valence electrons. The van der Waals surface area contributed by atoms with Gasteiger partial charge in [0.1, 0.15) is 0 Å². The van der Waals surface area contributed by atoms with E-state index in [1.54, 1.807) is 18.2 Å². The van der Waals surface area contributed by atoms with Gasteiger partial charge < -0.3 is 20.5 Å². The number of carbonyl (C=O) groups excluding carboxylic acids is 1. The Morgan fingerprint density at radius 3 is 2.91 bits per heavy atom. The molecule has 0 radical (unpaired) electrons. The molecule has 0 aromatic heterocycles. The van der Waals surface area contributed by atoms with E-state index < -0.39 is 0 Å². The molecule has 5 nitrogen and oxygen atoms in total. The molecule has 1 aliphatic carbocycles. The van der Waals surface area contributed by atoms with E-state index in [1.807, 2.05) is 18.2 Å². The Bertz CT molecular complexity index is 773. The van der Waals surface area contributed by atoms with Gasteiger partial charge in [0.05, 0.1) is 6.04 Å². The largest absolute Gasteiger partial charge is 0.454 e. The van der Waals surface area contributed by atoms with Crippen molar-refractivity contribution in [2.45, 2.75) is 25.3 Å². The van der Waals surface area contributed by atoms with Gasteiger partial charge in [-0.05, 0) is 60.7 Å². The van der Waals surface area contributed by atoms with Crippen molar-refractivity contribution in [1.82, 2.24) is 5.32 Å². The molecule has 0 saturated carbocycles. The van der Waals surface area contributed by atoms with Gasteiger partial charge in [0.25, 0.3) is 5.91 Å². The average molecular weight is 310 g/mol. The molecule has 2 aromatic carbocycles. The first-order valence-corrected chi connectivity index (χ1v) is 7.79. The number of fused-ring (bicyclic) bond motifs is 2. The highest BCUT2D eigenvalue weighted by Crippen LogP contribution is 2.34. The number of benzene rings is 2. The molecule has 23 heavy (non-hydrogen) atoms. The van der Waals surface area contributed by atoms with Crippen molar-refractivity contribution in [2.24, 2.45) is 0 Å². The van der Waals surface area contributed by atoms with E-state index in [0.717, 1.165) is 24.9 Å². The third-order valence-corrected chi connectivity index (χ3v) is 4.42. The molecule has 1 heterocycles. The Balaban J connectivity index is 1.56. The minimum absolute atomic E-state index is 0.0253. The molecule has 4 rings (SSSR count). The van der Waals surface area contributed by atoms with Gasteiger partial charge >= 0.3 is 0 Å². The zero-order valence-electron chi connectivity index (χ0n) is 12.7. The second-order valence-electron chi connectivity index (χ2n) is 5.94. The zero-order chi connectivity index (χ0) is 15.8. The molecule has 2 aromatic rings. The Kier molecular flexibility index (Phi) is 3.33. The maximum atomic E-state index is 12.6. The summed E-state index contributed by atoms with van der Waals surface area (Å²) in [5.41, 5.74) is 9.60. The van der Waals surface area contributed by atoms with Gasteiger partial charge in [-0.25, -0.2) is 0 Å². The van der Waals surface area contributed by atoms with E-state index in [4.69, 9.17) is 15.2 Å². The van der Waals surface area contributed by atoms with E-state index in [2.05, 4.69) is 5.32 Å². The van der Waals surface area contributed by atoms with Crippen LogP contribution in [0.2, 0.25) is 0 Å². The van der Waals surface area contributed by atoms with Gasteiger partial charge in [-0.15, -0.1) is 0 Å². The summed E-state index contributed by atoms with van der Waals surface area (Å²) in [6.07, 6.45) is 2.99. The zero-order valence-corrected chi connectivity index (χ0v) is 12.7. The fourth-order valence-electron chi connectivity index (χ4n) is 3.26. The average Bonchev–Trinajstić information content (AvgIpc) is 3.02. The summed E-state index contributed by atoms with van der Waals surface area (Å²) in [6, 6.07) is 11.2. The summed E-state index contributed by atoms with van der Waals surface area (Å²) < 4.78 is 10.6. The van der Waals surface area contributed by atoms with E-state index in [0.29, 0.717) is 17.1 Å². The normalized spacial score (nSPS) is 18.3. The van der Waals surface area contributed by atoms with Gasteiger partial charge in [0, 0.05) is 11.3 Å². The summed E-state index contributed by atoms with van der Waals surface area (Å²) >= 11 is 0. The van der Waals surface area contributed by atoms with Crippen LogP contribution in [0.4, 0.5) is 5.69 Å². The van der Waals surface area contributed by atoms with Crippen LogP contribution in [-0.4, -0.2) is 12.7 Å². The highest BCUT2D eigenvalue weighted by Gasteiger charge is 2.23. The number of nitrogen functional groups attached to an aromatic ring is 1. The Morgan fingerprint density at radius 1 is 1.13 bits per heavy atom. The van der Waals surface area contributed by atoms with Crippen molar-refractivity contribution in [2.75, 3.05) is 12.5 Å². The second-order valence-corrected chi connectivity index (χ2v) is 5.94. The van der Waals surface area contributed by atoms with Crippen LogP contribution in [0.25, 0.3) is 0 Å². The van der Waals surface area contributed by atoms with Gasteiger partial charge in [0.15, 0.2) is 11.5 Å². The fourth-order valence-corrected chi connectivity index (χ4v) is 3.26. The smallest absolute Gasteiger partial charge is 0.251 e. The Labute approximate surface area is 134 Å². The lowest BCUT2D eigenvalue weighted by atomic mass is 9.87. The monoisotopic (exact) mass is 310 g/mol. The summed E-state index contributed by atoms with van der Waals surface area (Å²) in [5, 5.41) is 3.13. The molecular weight excluding hydrogens is 292 g/mol. The Hall–Kier alpha value is -2.69. The minimum atomic E-state index is -0.0991. The van der Waals surface area contributed by atoms with Gasteiger partial charge in [-0.1, -0.05) is 6.07 Å². The number of anilines is 1. The predicted molar refractivity (Wildman–Crippen MR) is 86.6 cm³/mol. The molecule has 0 spiro atoms. The lowest BCUT2D eigenvalue weighted by molar-refractivity contribution is 0.0932. The molecule has 5 heteroatoms. The summed E-state index contributed by atoms with van der Waals surface area (Å²) in [7, 11) is 0. The van der Waals surface area contributed by atoms with Crippen LogP contribution < -0.4 is 20.5 Å². The number of hydrogen-bond donors (Lipinski definition) is 2. The number of aryl methyl sites for hydroxylation is 1. The molecular formula is C18H18N2O3. The molecule has 0 bridgehead atoms. The maximum absolute atomic E-state index is 12.6. The summed E-state index contributed by atoms with van der Waals surface area (Å²) in [6.45, 7) is 0.206. The van der Waals surface area contributed by atoms with E-state index in [1.165, 1.54) is 11.1 Å². The van der Waals surface area contributed by atoms with Gasteiger partial charge in [-0.2, -0.15) is 0 Å². The minimum Gasteiger partial charge on any atom is -0.454 e. The van der Waals surface area contributed by atoms with Crippen molar-refractivity contribution in [3.05, 3.63) is 53.1 Å². The van der Waals surface area contributed by atoms with E-state index in [-0.39, 0.29) is 18.7 Å². The molecule has 0 fully saturated rings. The van der Waals surface area contributed by atoms with Crippen molar-refractivity contribution in [3.8, 4) is 11.5 Å². The molecule has 3 N–H and O–H groups in total. The number of ether oxygens (including phenoxy) is 2. The van der Waals surface area contributed by atoms with Crippen LogP contribution >= 0.6 is 0 Å². The highest BCUT2D eigenvalue weighted by atomic mass is 16.7. The Morgan fingerprint density at radius 2 is 2.00 bits per heavy atom. The number of rotatable bonds is 2. The summed E-state index contributed by atoms with van der Waals surface area (Å²) in [5.74, 6) is 1.20. The van der Waals surface area contributed by atoms with Crippen LogP contribution in [-0.2, 0) is 6.42 Å². The van der Waals surface area contributed by atoms with Crippen LogP contribution in [0, 0.1) is 0 Å². The molecule has 1 unspecified atom stereocenters. The van der Waals surface area contributed by atoms with Crippen LogP contribution in [0.15, 0.2) is 36.4 Å². The number of amides is 1. The quantitative estimate of drug-likeness (QED) is 0.837. The first-order valence-electron chi connectivity index (χ1n) is 7.79. The highest BCUT2D eigenvalue weighted by molar-refractivity contribution is 5.95. The summed E-state index contributed by atoms with van der Waals surface area (Å²) in [4.78, 5) is 12.6. The van der Waals surface area contributed by atoms with Gasteiger partial charge in [0.2, 0.25) is 6.79 Å². The lowest BCUT2D eigenvalue weighted by Gasteiger charge is -2.26. The fraction of sp³-hybridized carbons (Fsp3) is 0.278. The third-order valence-electron chi connectivity index (χ3n) is 4.42. The number of carbonyl (C=O) groups is 1. The number of nitrogens with one attached hydrogen (secondary N) is 1. The molecule has 1 atom stereocenters. The number of nitrogens with two attached hydrogens (primary N) is 1. The van der Waals surface area contributed by atoms with E-state index >= 15 is 0 Å². The van der Waals surface area contributed by atoms with Crippen molar-refractivity contribution in [1.29, 1.82) is 0 Å². The topological polar surface area (TPSA) is 73.6 Å². The standard InChI is InChI=1S/C18H18N2O3/c19-13-5-6-14-11(8-13)2-1-3-15(14)20-18(21)12-4-7-16-17(9-12)23-10-22-16/h4-9,15H,1-3,10,19H2,(H,20,21). The number of hydrogen-bond acceptors (Lipinski definition) is 4. The van der Waals surface area contributed by atoms with Crippen LogP contribution in [0.5, 0.6) is 11.5 Å². The first-order chi connectivity index (χ1) is 11.2. The molecule has 1 aliphatic heterocycles. The lowest BCUT2D eigenvalue weighted by Crippen LogP contribution is -2.31. The van der Waals surface area contributed by atoms with E-state index in [9.17, 15) is 4.79 Å². The van der Waals surface area contributed by atoms with Crippen molar-refractivity contribution in [3.63, 3.8) is 0 Å². The van der Waals surface area contributed by atoms with Gasteiger partial charge in [-0.3, -0.25) is 4.79 Å². The second kappa shape index (κ2) is 5.50. The maximum Gasteiger partial charge on any atom is 0.251 e. The molecule has 1 amide bonds. The van der Waals surface area contributed by atoms with Crippen LogP contribution in [0.1, 0.15) is 40.4 Å². The SMILES string of the molecule is Nc1ccc2c(c1)CCCC2NC(=O)c1ccc2c(c1)OCO2. The van der Waals surface area contributed by atoms with Crippen LogP contribution in [0.3, 0.4) is 0 Å². The third kappa shape index (κ3) is 2.59. The predicted octanol–water partition coefficient (Wildman–Crippen LogP) is 2.80. The van der Waals surface area contributed by atoms with Crippen molar-refractivity contribution < 1.29 is 14.3 Å². The molecule has 0 saturated heterocycles. The first kappa shape index (κ1) is 13.9. The van der Waals surface area contributed by atoms with Crippen molar-refractivity contribution >= 4 is 11.6 Å². The molecule has 2 aliphatic rings.